The van der Waals surface area contributed by atoms with Crippen molar-refractivity contribution in [2.45, 2.75) is 31.8 Å². The van der Waals surface area contributed by atoms with Gasteiger partial charge in [-0.3, -0.25) is 0 Å². The van der Waals surface area contributed by atoms with E-state index in [1.165, 1.54) is 18.2 Å². The minimum Gasteiger partial charge on any atom is -0.508 e. The molecule has 0 spiro atoms. The first-order chi connectivity index (χ1) is 8.48. The molecule has 1 unspecified atom stereocenters. The van der Waals surface area contributed by atoms with Gasteiger partial charge in [0.2, 0.25) is 0 Å². The lowest BCUT2D eigenvalue weighted by Crippen LogP contribution is -2.52. The molecular formula is C13H21NO4. The van der Waals surface area contributed by atoms with Gasteiger partial charge < -0.3 is 25.7 Å². The molecular weight excluding hydrogens is 234 g/mol. The first-order valence-corrected chi connectivity index (χ1v) is 5.99. The zero-order chi connectivity index (χ0) is 13.8. The third-order valence-corrected chi connectivity index (χ3v) is 3.28. The lowest BCUT2D eigenvalue weighted by molar-refractivity contribution is 0.0790. The molecule has 0 aliphatic carbocycles. The van der Waals surface area contributed by atoms with Gasteiger partial charge in [-0.25, -0.2) is 0 Å². The Morgan fingerprint density at radius 3 is 2.33 bits per heavy atom. The van der Waals surface area contributed by atoms with Gasteiger partial charge in [0.25, 0.3) is 0 Å². The SMILES string of the molecule is CCC(CO)(CO)NC(C)c1cc(O)ccc1O. The smallest absolute Gasteiger partial charge is 0.120 e. The number of phenolic OH excluding ortho intramolecular Hbond substituents is 2. The monoisotopic (exact) mass is 255 g/mol. The van der Waals surface area contributed by atoms with Crippen LogP contribution in [0, 0.1) is 0 Å². The van der Waals surface area contributed by atoms with Gasteiger partial charge in [-0.05, 0) is 31.5 Å². The standard InChI is InChI=1S/C13H21NO4/c1-3-13(7-15,8-16)14-9(2)11-6-10(17)4-5-12(11)18/h4-6,9,14-18H,3,7-8H2,1-2H3. The second kappa shape index (κ2) is 6.04. The Hall–Kier alpha value is -1.30. The van der Waals surface area contributed by atoms with Crippen LogP contribution in [0.15, 0.2) is 18.2 Å². The van der Waals surface area contributed by atoms with Crippen LogP contribution in [0.4, 0.5) is 0 Å². The maximum Gasteiger partial charge on any atom is 0.120 e. The molecule has 1 atom stereocenters. The predicted octanol–water partition coefficient (Wildman–Crippen LogP) is 0.882. The van der Waals surface area contributed by atoms with E-state index >= 15 is 0 Å². The molecule has 5 nitrogen and oxygen atoms in total. The topological polar surface area (TPSA) is 93.0 Å². The fraction of sp³-hybridized carbons (Fsp3) is 0.538. The van der Waals surface area contributed by atoms with E-state index in [1.807, 2.05) is 6.92 Å². The van der Waals surface area contributed by atoms with E-state index in [2.05, 4.69) is 5.32 Å². The highest BCUT2D eigenvalue weighted by atomic mass is 16.3. The number of hydrogen-bond acceptors (Lipinski definition) is 5. The number of nitrogens with one attached hydrogen (secondary N) is 1. The minimum atomic E-state index is -0.794. The summed E-state index contributed by atoms with van der Waals surface area (Å²) in [6.45, 7) is 3.24. The van der Waals surface area contributed by atoms with E-state index in [1.54, 1.807) is 6.92 Å². The predicted molar refractivity (Wildman–Crippen MR) is 68.5 cm³/mol. The normalized spacial score (nSPS) is 13.6. The zero-order valence-electron chi connectivity index (χ0n) is 10.7. The Morgan fingerprint density at radius 1 is 1.22 bits per heavy atom. The highest BCUT2D eigenvalue weighted by Crippen LogP contribution is 2.29. The lowest BCUT2D eigenvalue weighted by Gasteiger charge is -2.33. The van der Waals surface area contributed by atoms with Crippen LogP contribution in [0.5, 0.6) is 11.5 Å². The summed E-state index contributed by atoms with van der Waals surface area (Å²) in [5.41, 5.74) is -0.271. The second-order valence-corrected chi connectivity index (χ2v) is 4.56. The summed E-state index contributed by atoms with van der Waals surface area (Å²) in [6.07, 6.45) is 0.546. The van der Waals surface area contributed by atoms with Crippen molar-refractivity contribution < 1.29 is 20.4 Å². The summed E-state index contributed by atoms with van der Waals surface area (Å²) < 4.78 is 0. The number of aliphatic hydroxyl groups is 2. The van der Waals surface area contributed by atoms with Crippen molar-refractivity contribution >= 4 is 0 Å². The Kier molecular flexibility index (Phi) is 4.95. The molecule has 5 N–H and O–H groups in total. The molecule has 5 heteroatoms. The van der Waals surface area contributed by atoms with Crippen LogP contribution in [0.1, 0.15) is 31.9 Å². The summed E-state index contributed by atoms with van der Waals surface area (Å²) >= 11 is 0. The van der Waals surface area contributed by atoms with Crippen molar-refractivity contribution in [3.05, 3.63) is 23.8 Å². The van der Waals surface area contributed by atoms with Crippen LogP contribution in [-0.4, -0.2) is 39.2 Å². The molecule has 0 aromatic heterocycles. The highest BCUT2D eigenvalue weighted by molar-refractivity contribution is 5.40. The summed E-state index contributed by atoms with van der Waals surface area (Å²) in [5, 5.41) is 41.0. The van der Waals surface area contributed by atoms with Crippen molar-refractivity contribution in [2.75, 3.05) is 13.2 Å². The third kappa shape index (κ3) is 3.13. The molecule has 0 aliphatic heterocycles. The molecule has 0 heterocycles. The number of hydrogen-bond donors (Lipinski definition) is 5. The van der Waals surface area contributed by atoms with E-state index < -0.39 is 5.54 Å². The summed E-state index contributed by atoms with van der Waals surface area (Å²) in [7, 11) is 0. The number of benzene rings is 1. The van der Waals surface area contributed by atoms with Crippen LogP contribution >= 0.6 is 0 Å². The Labute approximate surface area is 107 Å². The zero-order valence-corrected chi connectivity index (χ0v) is 10.7. The van der Waals surface area contributed by atoms with Gasteiger partial charge >= 0.3 is 0 Å². The minimum absolute atomic E-state index is 0.0616. The lowest BCUT2D eigenvalue weighted by atomic mass is 9.95. The van der Waals surface area contributed by atoms with Gasteiger partial charge in [0.1, 0.15) is 11.5 Å². The highest BCUT2D eigenvalue weighted by Gasteiger charge is 2.29. The van der Waals surface area contributed by atoms with Crippen LogP contribution in [0.3, 0.4) is 0 Å². The van der Waals surface area contributed by atoms with Gasteiger partial charge in [-0.15, -0.1) is 0 Å². The molecule has 0 saturated heterocycles. The average molecular weight is 255 g/mol. The fourth-order valence-electron chi connectivity index (χ4n) is 1.89. The molecule has 0 saturated carbocycles. The van der Waals surface area contributed by atoms with Crippen LogP contribution < -0.4 is 5.32 Å². The van der Waals surface area contributed by atoms with E-state index in [4.69, 9.17) is 0 Å². The Morgan fingerprint density at radius 2 is 1.83 bits per heavy atom. The molecule has 0 aliphatic rings. The molecule has 0 fully saturated rings. The molecule has 0 bridgehead atoms. The van der Waals surface area contributed by atoms with Crippen molar-refractivity contribution in [3.8, 4) is 11.5 Å². The summed E-state index contributed by atoms with van der Waals surface area (Å²) in [5.74, 6) is 0.125. The molecule has 1 aromatic carbocycles. The van der Waals surface area contributed by atoms with Crippen molar-refractivity contribution in [1.29, 1.82) is 0 Å². The quantitative estimate of drug-likeness (QED) is 0.487. The third-order valence-electron chi connectivity index (χ3n) is 3.28. The first kappa shape index (κ1) is 14.8. The molecule has 18 heavy (non-hydrogen) atoms. The average Bonchev–Trinajstić information content (AvgIpc) is 2.38. The fourth-order valence-corrected chi connectivity index (χ4v) is 1.89. The van der Waals surface area contributed by atoms with Gasteiger partial charge in [-0.1, -0.05) is 6.92 Å². The molecule has 102 valence electrons. The summed E-state index contributed by atoms with van der Waals surface area (Å²) in [6, 6.07) is 3.96. The van der Waals surface area contributed by atoms with Crippen molar-refractivity contribution in [3.63, 3.8) is 0 Å². The van der Waals surface area contributed by atoms with Crippen LogP contribution in [-0.2, 0) is 0 Å². The Balaban J connectivity index is 2.93. The van der Waals surface area contributed by atoms with Gasteiger partial charge in [0, 0.05) is 11.6 Å². The number of phenols is 2. The molecule has 1 aromatic rings. The van der Waals surface area contributed by atoms with Gasteiger partial charge in [0.15, 0.2) is 0 Å². The van der Waals surface area contributed by atoms with E-state index in [0.717, 1.165) is 0 Å². The summed E-state index contributed by atoms with van der Waals surface area (Å²) in [4.78, 5) is 0. The second-order valence-electron chi connectivity index (χ2n) is 4.56. The maximum atomic E-state index is 9.74. The molecule has 1 rings (SSSR count). The van der Waals surface area contributed by atoms with Crippen LogP contribution in [0.2, 0.25) is 0 Å². The number of aromatic hydroxyl groups is 2. The van der Waals surface area contributed by atoms with E-state index in [0.29, 0.717) is 12.0 Å². The van der Waals surface area contributed by atoms with Gasteiger partial charge in [0.05, 0.1) is 18.8 Å². The Bertz CT molecular complexity index is 382. The van der Waals surface area contributed by atoms with E-state index in [9.17, 15) is 20.4 Å². The number of rotatable bonds is 6. The first-order valence-electron chi connectivity index (χ1n) is 5.99. The van der Waals surface area contributed by atoms with Crippen molar-refractivity contribution in [1.82, 2.24) is 5.32 Å². The number of aliphatic hydroxyl groups excluding tert-OH is 2. The molecule has 0 amide bonds. The molecule has 0 radical (unpaired) electrons. The van der Waals surface area contributed by atoms with E-state index in [-0.39, 0.29) is 30.8 Å². The van der Waals surface area contributed by atoms with Crippen LogP contribution in [0.25, 0.3) is 0 Å². The largest absolute Gasteiger partial charge is 0.508 e. The maximum absolute atomic E-state index is 9.74. The van der Waals surface area contributed by atoms with Gasteiger partial charge in [-0.2, -0.15) is 0 Å². The van der Waals surface area contributed by atoms with Crippen molar-refractivity contribution in [2.24, 2.45) is 0 Å².